The largest absolute Gasteiger partial charge is 0.487 e. The number of nitrogens with one attached hydrogen (secondary N) is 1. The molecule has 0 atom stereocenters. The van der Waals surface area contributed by atoms with E-state index in [9.17, 15) is 0 Å². The lowest BCUT2D eigenvalue weighted by Gasteiger charge is -2.13. The molecule has 0 saturated carbocycles. The van der Waals surface area contributed by atoms with E-state index in [0.717, 1.165) is 18.1 Å². The molecule has 1 aliphatic rings. The van der Waals surface area contributed by atoms with Gasteiger partial charge in [-0.1, -0.05) is 0 Å². The van der Waals surface area contributed by atoms with E-state index in [1.807, 2.05) is 37.3 Å². The van der Waals surface area contributed by atoms with Gasteiger partial charge in [-0.25, -0.2) is 4.98 Å². The number of pyridine rings is 1. The van der Waals surface area contributed by atoms with Crippen molar-refractivity contribution in [3.05, 3.63) is 39.7 Å². The Balaban J connectivity index is 1.68. The molecule has 106 valence electrons. The van der Waals surface area contributed by atoms with Crippen molar-refractivity contribution in [2.24, 2.45) is 0 Å². The van der Waals surface area contributed by atoms with Crippen molar-refractivity contribution >= 4 is 17.2 Å². The van der Waals surface area contributed by atoms with Crippen LogP contribution in [-0.4, -0.2) is 11.1 Å². The fourth-order valence-electron chi connectivity index (χ4n) is 2.52. The van der Waals surface area contributed by atoms with Crippen molar-refractivity contribution in [1.29, 1.82) is 0 Å². The normalized spacial score (nSPS) is 13.6. The van der Waals surface area contributed by atoms with Crippen LogP contribution in [0.15, 0.2) is 24.4 Å². The summed E-state index contributed by atoms with van der Waals surface area (Å²) in [5, 5.41) is 3.40. The Morgan fingerprint density at radius 3 is 3.10 bits per heavy atom. The summed E-state index contributed by atoms with van der Waals surface area (Å²) in [5.74, 6) is 1.65. The van der Waals surface area contributed by atoms with Crippen LogP contribution in [-0.2, 0) is 19.4 Å². The molecule has 3 nitrogen and oxygen atoms in total. The third kappa shape index (κ3) is 2.96. The quantitative estimate of drug-likeness (QED) is 0.902. The van der Waals surface area contributed by atoms with Gasteiger partial charge in [0, 0.05) is 16.0 Å². The monoisotopic (exact) mass is 288 g/mol. The summed E-state index contributed by atoms with van der Waals surface area (Å²) in [6.07, 6.45) is 5.78. The first-order valence-corrected chi connectivity index (χ1v) is 8.00. The number of anilines is 1. The van der Waals surface area contributed by atoms with Gasteiger partial charge in [0.05, 0.1) is 12.6 Å². The molecular formula is C16H20N2OS. The van der Waals surface area contributed by atoms with Gasteiger partial charge >= 0.3 is 0 Å². The second-order valence-electron chi connectivity index (χ2n) is 5.38. The number of thiophene rings is 1. The number of rotatable bonds is 5. The lowest BCUT2D eigenvalue weighted by atomic mass is 10.2. The molecule has 0 aliphatic heterocycles. The van der Waals surface area contributed by atoms with Crippen molar-refractivity contribution in [3.8, 4) is 5.75 Å². The van der Waals surface area contributed by atoms with Gasteiger partial charge in [-0.3, -0.25) is 0 Å². The summed E-state index contributed by atoms with van der Waals surface area (Å²) in [5.41, 5.74) is 1.55. The van der Waals surface area contributed by atoms with Crippen LogP contribution >= 0.6 is 11.3 Å². The van der Waals surface area contributed by atoms with Crippen LogP contribution in [0, 0.1) is 0 Å². The Hall–Kier alpha value is -1.55. The van der Waals surface area contributed by atoms with E-state index in [-0.39, 0.29) is 6.10 Å². The first-order chi connectivity index (χ1) is 9.72. The molecule has 2 heterocycles. The molecule has 20 heavy (non-hydrogen) atoms. The standard InChI is InChI=1S/C16H20N2OS/c1-11(2)19-14-6-4-8-17-16(14)18-10-13-9-12-5-3-7-15(12)20-13/h4,6,8-9,11H,3,5,7,10H2,1-2H3,(H,17,18). The summed E-state index contributed by atoms with van der Waals surface area (Å²) in [6, 6.07) is 6.21. The second kappa shape index (κ2) is 5.83. The van der Waals surface area contributed by atoms with E-state index in [4.69, 9.17) is 4.74 Å². The Morgan fingerprint density at radius 2 is 2.30 bits per heavy atom. The van der Waals surface area contributed by atoms with Crippen LogP contribution in [0.25, 0.3) is 0 Å². The number of nitrogens with zero attached hydrogens (tertiary/aromatic N) is 1. The van der Waals surface area contributed by atoms with Crippen LogP contribution in [0.2, 0.25) is 0 Å². The Bertz CT molecular complexity index is 570. The zero-order valence-corrected chi connectivity index (χ0v) is 12.8. The maximum Gasteiger partial charge on any atom is 0.169 e. The summed E-state index contributed by atoms with van der Waals surface area (Å²) in [4.78, 5) is 7.33. The number of hydrogen-bond acceptors (Lipinski definition) is 4. The average Bonchev–Trinajstić information content (AvgIpc) is 2.97. The van der Waals surface area contributed by atoms with Crippen LogP contribution in [0.4, 0.5) is 5.82 Å². The van der Waals surface area contributed by atoms with E-state index in [2.05, 4.69) is 16.4 Å². The number of ether oxygens (including phenoxy) is 1. The van der Waals surface area contributed by atoms with Gasteiger partial charge in [0.25, 0.3) is 0 Å². The molecule has 0 aromatic carbocycles. The van der Waals surface area contributed by atoms with E-state index in [1.54, 1.807) is 16.6 Å². The number of aromatic nitrogens is 1. The molecule has 2 aromatic rings. The third-order valence-corrected chi connectivity index (χ3v) is 4.60. The fourth-order valence-corrected chi connectivity index (χ4v) is 3.72. The summed E-state index contributed by atoms with van der Waals surface area (Å²) in [6.45, 7) is 4.88. The molecule has 0 fully saturated rings. The lowest BCUT2D eigenvalue weighted by Crippen LogP contribution is -2.09. The molecule has 0 unspecified atom stereocenters. The predicted molar refractivity (Wildman–Crippen MR) is 83.7 cm³/mol. The first-order valence-electron chi connectivity index (χ1n) is 7.18. The molecule has 0 spiro atoms. The zero-order valence-electron chi connectivity index (χ0n) is 12.0. The minimum absolute atomic E-state index is 0.158. The van der Waals surface area contributed by atoms with Gasteiger partial charge in [-0.05, 0) is 56.9 Å². The maximum atomic E-state index is 5.77. The SMILES string of the molecule is CC(C)Oc1cccnc1NCc1cc2c(s1)CCC2. The first kappa shape index (κ1) is 13.4. The van der Waals surface area contributed by atoms with Gasteiger partial charge in [0.1, 0.15) is 0 Å². The molecule has 4 heteroatoms. The molecule has 1 N–H and O–H groups in total. The molecular weight excluding hydrogens is 268 g/mol. The average molecular weight is 288 g/mol. The highest BCUT2D eigenvalue weighted by Gasteiger charge is 2.15. The van der Waals surface area contributed by atoms with Gasteiger partial charge in [0.15, 0.2) is 11.6 Å². The lowest BCUT2D eigenvalue weighted by molar-refractivity contribution is 0.243. The Kier molecular flexibility index (Phi) is 3.92. The maximum absolute atomic E-state index is 5.77. The zero-order chi connectivity index (χ0) is 13.9. The van der Waals surface area contributed by atoms with Crippen LogP contribution in [0.5, 0.6) is 5.75 Å². The number of hydrogen-bond donors (Lipinski definition) is 1. The smallest absolute Gasteiger partial charge is 0.169 e. The van der Waals surface area contributed by atoms with Crippen molar-refractivity contribution in [2.75, 3.05) is 5.32 Å². The van der Waals surface area contributed by atoms with Crippen molar-refractivity contribution in [2.45, 2.75) is 45.8 Å². The number of fused-ring (bicyclic) bond motifs is 1. The molecule has 2 aromatic heterocycles. The van der Waals surface area contributed by atoms with Gasteiger partial charge in [-0.2, -0.15) is 0 Å². The van der Waals surface area contributed by atoms with Gasteiger partial charge < -0.3 is 10.1 Å². The highest BCUT2D eigenvalue weighted by molar-refractivity contribution is 7.12. The number of aryl methyl sites for hydroxylation is 2. The van der Waals surface area contributed by atoms with E-state index in [1.165, 1.54) is 24.1 Å². The molecule has 0 radical (unpaired) electrons. The van der Waals surface area contributed by atoms with Crippen LogP contribution in [0.1, 0.15) is 35.6 Å². The highest BCUT2D eigenvalue weighted by atomic mass is 32.1. The van der Waals surface area contributed by atoms with E-state index < -0.39 is 0 Å². The van der Waals surface area contributed by atoms with Crippen molar-refractivity contribution in [3.63, 3.8) is 0 Å². The van der Waals surface area contributed by atoms with Crippen LogP contribution < -0.4 is 10.1 Å². The molecule has 0 bridgehead atoms. The molecule has 0 saturated heterocycles. The minimum Gasteiger partial charge on any atom is -0.487 e. The van der Waals surface area contributed by atoms with Crippen molar-refractivity contribution < 1.29 is 4.74 Å². The predicted octanol–water partition coefficient (Wildman–Crippen LogP) is 4.03. The molecule has 0 amide bonds. The van der Waals surface area contributed by atoms with E-state index >= 15 is 0 Å². The summed E-state index contributed by atoms with van der Waals surface area (Å²) in [7, 11) is 0. The van der Waals surface area contributed by atoms with E-state index in [0.29, 0.717) is 0 Å². The summed E-state index contributed by atoms with van der Waals surface area (Å²) >= 11 is 1.93. The Labute approximate surface area is 124 Å². The molecule has 1 aliphatic carbocycles. The fraction of sp³-hybridized carbons (Fsp3) is 0.438. The second-order valence-corrected chi connectivity index (χ2v) is 6.61. The van der Waals surface area contributed by atoms with Gasteiger partial charge in [-0.15, -0.1) is 11.3 Å². The van der Waals surface area contributed by atoms with Crippen molar-refractivity contribution in [1.82, 2.24) is 4.98 Å². The van der Waals surface area contributed by atoms with Gasteiger partial charge in [0.2, 0.25) is 0 Å². The highest BCUT2D eigenvalue weighted by Crippen LogP contribution is 2.31. The topological polar surface area (TPSA) is 34.1 Å². The Morgan fingerprint density at radius 1 is 1.40 bits per heavy atom. The minimum atomic E-state index is 0.158. The third-order valence-electron chi connectivity index (χ3n) is 3.36. The molecule has 3 rings (SSSR count). The summed E-state index contributed by atoms with van der Waals surface area (Å²) < 4.78 is 5.77. The van der Waals surface area contributed by atoms with Crippen LogP contribution in [0.3, 0.4) is 0 Å².